The quantitative estimate of drug-likeness (QED) is 0.0320. The first-order valence-corrected chi connectivity index (χ1v) is 19.6. The summed E-state index contributed by atoms with van der Waals surface area (Å²) in [4.78, 5) is 63.7. The molecule has 5 amide bonds. The molecule has 1 fully saturated rings. The molecule has 296 valence electrons. The number of allylic oxidation sites excluding steroid dienone is 1. The van der Waals surface area contributed by atoms with E-state index in [0.717, 1.165) is 58.4 Å². The number of nitrogens with one attached hydrogen (secondary N) is 3. The monoisotopic (exact) mass is 792 g/mol. The van der Waals surface area contributed by atoms with Gasteiger partial charge in [-0.25, -0.2) is 0 Å². The summed E-state index contributed by atoms with van der Waals surface area (Å²) in [5.74, 6) is -0.818. The fourth-order valence-electron chi connectivity index (χ4n) is 7.13. The second-order valence-electron chi connectivity index (χ2n) is 13.9. The third-order valence-electron chi connectivity index (χ3n) is 9.97. The van der Waals surface area contributed by atoms with Crippen LogP contribution in [-0.2, 0) is 14.4 Å². The van der Waals surface area contributed by atoms with Crippen molar-refractivity contribution >= 4 is 58.0 Å². The standard InChI is InChI=1S/C44H45ClN4O8/c45-24-23-34(28-9-15-31(50)16-10-28)40(29-11-17-32(51)18-12-29)30-13-19-33(20-14-30)57-27-26-47-38(52)8-3-1-2-4-25-46-36-7-5-6-35-41(36)44(56)49(43(35)55)37-21-22-39(53)48-42(37)54/h5-7,9-20,37,46,50-51H,1-4,8,21-27H2,(H,47,52)(H,48,53,54). The number of carbonyl (C=O) groups is 5. The fraction of sp³-hybridized carbons (Fsp3) is 0.295. The molecule has 2 aliphatic rings. The van der Waals surface area contributed by atoms with E-state index in [0.29, 0.717) is 49.9 Å². The van der Waals surface area contributed by atoms with Gasteiger partial charge in [-0.1, -0.05) is 55.3 Å². The number of imide groups is 2. The number of halogens is 1. The van der Waals surface area contributed by atoms with Gasteiger partial charge in [-0.15, -0.1) is 11.6 Å². The van der Waals surface area contributed by atoms with E-state index in [-0.39, 0.29) is 41.4 Å². The lowest BCUT2D eigenvalue weighted by molar-refractivity contribution is -0.136. The van der Waals surface area contributed by atoms with Gasteiger partial charge in [-0.2, -0.15) is 0 Å². The Kier molecular flexibility index (Phi) is 13.6. The molecule has 5 N–H and O–H groups in total. The lowest BCUT2D eigenvalue weighted by Gasteiger charge is -2.27. The van der Waals surface area contributed by atoms with E-state index in [2.05, 4.69) is 16.0 Å². The molecule has 0 saturated carbocycles. The molecule has 2 aliphatic heterocycles. The third-order valence-corrected chi connectivity index (χ3v) is 10.2. The van der Waals surface area contributed by atoms with Crippen molar-refractivity contribution in [3.63, 3.8) is 0 Å². The van der Waals surface area contributed by atoms with Crippen LogP contribution in [0.3, 0.4) is 0 Å². The number of alkyl halides is 1. The molecule has 1 saturated heterocycles. The maximum Gasteiger partial charge on any atom is 0.264 e. The summed E-state index contributed by atoms with van der Waals surface area (Å²) >= 11 is 6.25. The second kappa shape index (κ2) is 19.1. The van der Waals surface area contributed by atoms with E-state index in [1.165, 1.54) is 0 Å². The number of carbonyl (C=O) groups excluding carboxylic acids is 5. The summed E-state index contributed by atoms with van der Waals surface area (Å²) < 4.78 is 5.92. The number of benzene rings is 4. The molecule has 13 heteroatoms. The fourth-order valence-corrected chi connectivity index (χ4v) is 7.32. The highest BCUT2D eigenvalue weighted by molar-refractivity contribution is 6.25. The number of ether oxygens (including phenoxy) is 1. The first-order valence-electron chi connectivity index (χ1n) is 19.1. The highest BCUT2D eigenvalue weighted by Gasteiger charge is 2.45. The number of hydrogen-bond donors (Lipinski definition) is 5. The van der Waals surface area contributed by atoms with Crippen molar-refractivity contribution in [2.45, 2.75) is 57.4 Å². The number of aromatic hydroxyl groups is 2. The van der Waals surface area contributed by atoms with Gasteiger partial charge in [0.25, 0.3) is 11.8 Å². The number of rotatable bonds is 18. The van der Waals surface area contributed by atoms with Crippen LogP contribution in [0.5, 0.6) is 17.2 Å². The van der Waals surface area contributed by atoms with Gasteiger partial charge in [-0.3, -0.25) is 34.2 Å². The van der Waals surface area contributed by atoms with Crippen LogP contribution in [0.1, 0.15) is 88.8 Å². The van der Waals surface area contributed by atoms with Crippen LogP contribution in [0.4, 0.5) is 5.69 Å². The van der Waals surface area contributed by atoms with Crippen LogP contribution in [0.15, 0.2) is 91.0 Å². The Morgan fingerprint density at radius 3 is 2.09 bits per heavy atom. The predicted octanol–water partition coefficient (Wildman–Crippen LogP) is 6.64. The zero-order chi connectivity index (χ0) is 40.3. The molecule has 12 nitrogen and oxygen atoms in total. The number of amides is 5. The van der Waals surface area contributed by atoms with Gasteiger partial charge in [0.1, 0.15) is 29.9 Å². The van der Waals surface area contributed by atoms with Gasteiger partial charge in [0.15, 0.2) is 0 Å². The lowest BCUT2D eigenvalue weighted by atomic mass is 9.88. The summed E-state index contributed by atoms with van der Waals surface area (Å²) in [5.41, 5.74) is 5.70. The van der Waals surface area contributed by atoms with Crippen molar-refractivity contribution in [1.82, 2.24) is 15.5 Å². The first-order chi connectivity index (χ1) is 27.6. The molecule has 2 heterocycles. The van der Waals surface area contributed by atoms with Crippen molar-refractivity contribution in [3.05, 3.63) is 119 Å². The van der Waals surface area contributed by atoms with Gasteiger partial charge >= 0.3 is 0 Å². The molecular formula is C44H45ClN4O8. The Labute approximate surface area is 335 Å². The molecule has 0 radical (unpaired) electrons. The molecule has 4 aromatic carbocycles. The summed E-state index contributed by atoms with van der Waals surface area (Å²) in [5, 5.41) is 28.2. The zero-order valence-corrected chi connectivity index (χ0v) is 32.1. The molecule has 1 unspecified atom stereocenters. The molecule has 6 rings (SSSR count). The summed E-state index contributed by atoms with van der Waals surface area (Å²) in [6.07, 6.45) is 4.33. The van der Waals surface area contributed by atoms with Crippen molar-refractivity contribution < 1.29 is 38.9 Å². The van der Waals surface area contributed by atoms with E-state index in [9.17, 15) is 34.2 Å². The molecule has 4 aromatic rings. The van der Waals surface area contributed by atoms with Crippen molar-refractivity contribution in [2.24, 2.45) is 0 Å². The first kappa shape index (κ1) is 40.5. The molecule has 0 bridgehead atoms. The van der Waals surface area contributed by atoms with Crippen LogP contribution in [-0.4, -0.2) is 76.3 Å². The van der Waals surface area contributed by atoms with E-state index in [4.69, 9.17) is 16.3 Å². The number of piperidine rings is 1. The Morgan fingerprint density at radius 2 is 1.42 bits per heavy atom. The average molecular weight is 793 g/mol. The normalized spacial score (nSPS) is 15.5. The van der Waals surface area contributed by atoms with E-state index in [1.54, 1.807) is 42.5 Å². The number of fused-ring (bicyclic) bond motifs is 1. The number of nitrogens with zero attached hydrogens (tertiary/aromatic N) is 1. The maximum atomic E-state index is 13.3. The van der Waals surface area contributed by atoms with Gasteiger partial charge in [0.2, 0.25) is 17.7 Å². The number of phenols is 2. The molecular weight excluding hydrogens is 748 g/mol. The molecule has 57 heavy (non-hydrogen) atoms. The molecule has 0 aliphatic carbocycles. The number of anilines is 1. The SMILES string of the molecule is O=C(CCCCCCNc1cccc2c1C(=O)N(C1CCC(=O)NC1=O)C2=O)NCCOc1ccc(C(=C(CCCl)c2ccc(O)cc2)c2ccc(O)cc2)cc1. The van der Waals surface area contributed by atoms with Gasteiger partial charge in [0.05, 0.1) is 17.7 Å². The van der Waals surface area contributed by atoms with Crippen molar-refractivity contribution in [2.75, 3.05) is 30.9 Å². The van der Waals surface area contributed by atoms with Crippen molar-refractivity contribution in [3.8, 4) is 17.2 Å². The number of hydrogen-bond acceptors (Lipinski definition) is 9. The molecule has 0 aromatic heterocycles. The van der Waals surface area contributed by atoms with Crippen molar-refractivity contribution in [1.29, 1.82) is 0 Å². The Bertz CT molecular complexity index is 2140. The Balaban J connectivity index is 0.917. The molecule has 0 spiro atoms. The Hall–Kier alpha value is -6.14. The minimum Gasteiger partial charge on any atom is -0.508 e. The minimum atomic E-state index is -1.01. The van der Waals surface area contributed by atoms with E-state index in [1.807, 2.05) is 48.5 Å². The predicted molar refractivity (Wildman–Crippen MR) is 217 cm³/mol. The van der Waals surface area contributed by atoms with E-state index >= 15 is 0 Å². The van der Waals surface area contributed by atoms with Crippen LogP contribution in [0.25, 0.3) is 11.1 Å². The van der Waals surface area contributed by atoms with E-state index < -0.39 is 29.7 Å². The maximum absolute atomic E-state index is 13.3. The largest absolute Gasteiger partial charge is 0.508 e. The average Bonchev–Trinajstić information content (AvgIpc) is 3.46. The smallest absolute Gasteiger partial charge is 0.264 e. The van der Waals surface area contributed by atoms with Crippen LogP contribution in [0.2, 0.25) is 0 Å². The van der Waals surface area contributed by atoms with Crippen LogP contribution in [0, 0.1) is 0 Å². The highest BCUT2D eigenvalue weighted by Crippen LogP contribution is 2.37. The zero-order valence-electron chi connectivity index (χ0n) is 31.4. The second-order valence-corrected chi connectivity index (χ2v) is 14.3. The van der Waals surface area contributed by atoms with Gasteiger partial charge in [-0.05, 0) is 102 Å². The topological polar surface area (TPSA) is 174 Å². The van der Waals surface area contributed by atoms with Gasteiger partial charge < -0.3 is 25.6 Å². The Morgan fingerprint density at radius 1 is 0.772 bits per heavy atom. The third kappa shape index (κ3) is 10.0. The molecule has 1 atom stereocenters. The summed E-state index contributed by atoms with van der Waals surface area (Å²) in [7, 11) is 0. The minimum absolute atomic E-state index is 0.0552. The number of phenolic OH excluding ortho intramolecular Hbond substituents is 2. The highest BCUT2D eigenvalue weighted by atomic mass is 35.5. The number of unbranched alkanes of at least 4 members (excludes halogenated alkanes) is 3. The van der Waals surface area contributed by atoms with Crippen LogP contribution >= 0.6 is 11.6 Å². The lowest BCUT2D eigenvalue weighted by Crippen LogP contribution is -2.54. The van der Waals surface area contributed by atoms with Crippen LogP contribution < -0.4 is 20.7 Å². The van der Waals surface area contributed by atoms with Gasteiger partial charge in [0, 0.05) is 31.0 Å². The summed E-state index contributed by atoms with van der Waals surface area (Å²) in [6, 6.07) is 25.7. The summed E-state index contributed by atoms with van der Waals surface area (Å²) in [6.45, 7) is 1.21.